The second-order valence-corrected chi connectivity index (χ2v) is 6.64. The van der Waals surface area contributed by atoms with E-state index in [0.717, 1.165) is 12.8 Å². The van der Waals surface area contributed by atoms with Crippen LogP contribution in [0.4, 0.5) is 0 Å². The summed E-state index contributed by atoms with van der Waals surface area (Å²) < 4.78 is 23.1. The highest BCUT2D eigenvalue weighted by atomic mass is 31.1. The molecule has 1 rings (SSSR count). The molecule has 20 heavy (non-hydrogen) atoms. The van der Waals surface area contributed by atoms with Crippen LogP contribution in [0.2, 0.25) is 0 Å². The Bertz CT molecular complexity index is 459. The fourth-order valence-electron chi connectivity index (χ4n) is 1.74. The molecule has 0 aromatic heterocycles. The smallest absolute Gasteiger partial charge is 0.338 e. The molecule has 0 amide bonds. The van der Waals surface area contributed by atoms with Gasteiger partial charge in [0, 0.05) is 11.9 Å². The summed E-state index contributed by atoms with van der Waals surface area (Å²) in [6.07, 6.45) is 1.64. The van der Waals surface area contributed by atoms with Gasteiger partial charge in [-0.3, -0.25) is 0 Å². The number of benzene rings is 1. The lowest BCUT2D eigenvalue weighted by molar-refractivity contribution is 0.0506. The topological polar surface area (TPSA) is 52.6 Å². The van der Waals surface area contributed by atoms with Gasteiger partial charge in [0.25, 0.3) is 0 Å². The Balaban J connectivity index is 2.89. The summed E-state index contributed by atoms with van der Waals surface area (Å²) in [6, 6.07) is 6.90. The van der Waals surface area contributed by atoms with Gasteiger partial charge in [-0.05, 0) is 25.8 Å². The van der Waals surface area contributed by atoms with Crippen molar-refractivity contribution in [2.24, 2.45) is 0 Å². The molecule has 0 spiro atoms. The van der Waals surface area contributed by atoms with Crippen LogP contribution in [0.1, 0.15) is 44.0 Å². The van der Waals surface area contributed by atoms with Crippen LogP contribution >= 0.6 is 7.80 Å². The third-order valence-corrected chi connectivity index (χ3v) is 4.66. The van der Waals surface area contributed by atoms with Crippen molar-refractivity contribution in [3.63, 3.8) is 0 Å². The molecule has 0 aliphatic rings. The molecule has 2 atom stereocenters. The third kappa shape index (κ3) is 4.77. The monoisotopic (exact) mass is 298 g/mol. The minimum Gasteiger partial charge on any atom is -0.462 e. The lowest BCUT2D eigenvalue weighted by atomic mass is 10.2. The van der Waals surface area contributed by atoms with Gasteiger partial charge in [-0.1, -0.05) is 32.0 Å². The van der Waals surface area contributed by atoms with Crippen molar-refractivity contribution in [2.75, 3.05) is 13.2 Å². The maximum Gasteiger partial charge on any atom is 0.338 e. The minimum absolute atomic E-state index is 0.371. The fourth-order valence-corrected chi connectivity index (χ4v) is 3.16. The molecule has 0 fully saturated rings. The number of esters is 1. The summed E-state index contributed by atoms with van der Waals surface area (Å²) in [6.45, 7) is 6.66. The van der Waals surface area contributed by atoms with Crippen LogP contribution in [0.5, 0.6) is 0 Å². The summed E-state index contributed by atoms with van der Waals surface area (Å²) in [5, 5.41) is 0.544. The average molecular weight is 298 g/mol. The number of hydrogen-bond acceptors (Lipinski definition) is 4. The Morgan fingerprint density at radius 3 is 2.50 bits per heavy atom. The normalized spacial score (nSPS) is 13.8. The van der Waals surface area contributed by atoms with Gasteiger partial charge in [0.2, 0.25) is 0 Å². The van der Waals surface area contributed by atoms with Crippen LogP contribution in [-0.2, 0) is 14.0 Å². The van der Waals surface area contributed by atoms with E-state index in [2.05, 4.69) is 0 Å². The molecule has 112 valence electrons. The molecule has 5 heteroatoms. The molecule has 0 heterocycles. The highest BCUT2D eigenvalue weighted by Crippen LogP contribution is 2.29. The predicted molar refractivity (Wildman–Crippen MR) is 81.4 cm³/mol. The van der Waals surface area contributed by atoms with Crippen LogP contribution in [-0.4, -0.2) is 25.0 Å². The lowest BCUT2D eigenvalue weighted by Crippen LogP contribution is -2.19. The van der Waals surface area contributed by atoms with E-state index in [1.807, 2.05) is 13.8 Å². The summed E-state index contributed by atoms with van der Waals surface area (Å²) in [5.74, 6) is -0.788. The van der Waals surface area contributed by atoms with Crippen molar-refractivity contribution in [2.45, 2.75) is 39.5 Å². The van der Waals surface area contributed by atoms with Gasteiger partial charge in [-0.15, -0.1) is 0 Å². The van der Waals surface area contributed by atoms with Crippen LogP contribution in [0, 0.1) is 0 Å². The van der Waals surface area contributed by atoms with Gasteiger partial charge in [0.05, 0.1) is 12.2 Å². The third-order valence-electron chi connectivity index (χ3n) is 2.79. The van der Waals surface area contributed by atoms with E-state index < -0.39 is 13.8 Å². The van der Waals surface area contributed by atoms with Crippen molar-refractivity contribution >= 4 is 19.1 Å². The van der Waals surface area contributed by atoms with Crippen molar-refractivity contribution in [3.05, 3.63) is 29.8 Å². The second kappa shape index (κ2) is 8.93. The molecule has 0 bridgehead atoms. The maximum atomic E-state index is 12.5. The molecule has 0 aliphatic carbocycles. The minimum atomic E-state index is -2.19. The first kappa shape index (κ1) is 16.9. The Morgan fingerprint density at radius 1 is 1.20 bits per heavy atom. The standard InChI is InChI=1S/C15H23O4P/c1-4-10-18-12(3)20(17)14-9-7-6-8-13(14)15(16)19-11-5-2/h6-9,12,20H,4-5,10-11H2,1-3H3. The Kier molecular flexibility index (Phi) is 7.56. The number of ether oxygens (including phenoxy) is 2. The van der Waals surface area contributed by atoms with Crippen molar-refractivity contribution < 1.29 is 18.8 Å². The zero-order chi connectivity index (χ0) is 15.0. The van der Waals surface area contributed by atoms with Gasteiger partial charge in [-0.2, -0.15) is 0 Å². The van der Waals surface area contributed by atoms with E-state index in [1.54, 1.807) is 31.2 Å². The van der Waals surface area contributed by atoms with Crippen molar-refractivity contribution in [1.29, 1.82) is 0 Å². The number of carbonyl (C=O) groups is 1. The van der Waals surface area contributed by atoms with E-state index in [4.69, 9.17) is 9.47 Å². The Hall–Kier alpha value is -1.12. The molecule has 2 unspecified atom stereocenters. The molecule has 4 nitrogen and oxygen atoms in total. The molecule has 0 saturated heterocycles. The van der Waals surface area contributed by atoms with E-state index in [0.29, 0.717) is 24.1 Å². The van der Waals surface area contributed by atoms with Gasteiger partial charge in [-0.25, -0.2) is 4.79 Å². The van der Waals surface area contributed by atoms with Gasteiger partial charge in [0.15, 0.2) is 0 Å². The SMILES string of the molecule is CCCOC(=O)c1ccccc1[PH](=O)C(C)OCCC. The summed E-state index contributed by atoms with van der Waals surface area (Å²) in [5.41, 5.74) is 0.386. The number of hydrogen-bond donors (Lipinski definition) is 0. The lowest BCUT2D eigenvalue weighted by Gasteiger charge is -2.15. The van der Waals surface area contributed by atoms with E-state index in [9.17, 15) is 9.36 Å². The first-order valence-electron chi connectivity index (χ1n) is 7.03. The number of rotatable bonds is 8. The van der Waals surface area contributed by atoms with E-state index in [1.165, 1.54) is 0 Å². The summed E-state index contributed by atoms with van der Waals surface area (Å²) in [7, 11) is -2.19. The maximum absolute atomic E-state index is 12.5. The largest absolute Gasteiger partial charge is 0.462 e. The summed E-state index contributed by atoms with van der Waals surface area (Å²) >= 11 is 0. The molecule has 1 aromatic carbocycles. The zero-order valence-corrected chi connectivity index (χ0v) is 13.3. The van der Waals surface area contributed by atoms with Crippen LogP contribution < -0.4 is 5.30 Å². The quantitative estimate of drug-likeness (QED) is 0.546. The predicted octanol–water partition coefficient (Wildman–Crippen LogP) is 3.21. The van der Waals surface area contributed by atoms with Crippen LogP contribution in [0.15, 0.2) is 24.3 Å². The zero-order valence-electron chi connectivity index (χ0n) is 12.3. The van der Waals surface area contributed by atoms with E-state index >= 15 is 0 Å². The Morgan fingerprint density at radius 2 is 1.85 bits per heavy atom. The molecule has 0 radical (unpaired) electrons. The highest BCUT2D eigenvalue weighted by Gasteiger charge is 2.20. The molecular weight excluding hydrogens is 275 g/mol. The van der Waals surface area contributed by atoms with Crippen molar-refractivity contribution in [1.82, 2.24) is 0 Å². The summed E-state index contributed by atoms with van der Waals surface area (Å²) in [4.78, 5) is 12.0. The van der Waals surface area contributed by atoms with E-state index in [-0.39, 0.29) is 5.85 Å². The molecule has 1 aromatic rings. The molecular formula is C15H23O4P. The Labute approximate surface area is 121 Å². The van der Waals surface area contributed by atoms with Crippen LogP contribution in [0.25, 0.3) is 0 Å². The second-order valence-electron chi connectivity index (χ2n) is 4.56. The number of carbonyl (C=O) groups excluding carboxylic acids is 1. The van der Waals surface area contributed by atoms with Gasteiger partial charge >= 0.3 is 5.97 Å². The first-order chi connectivity index (χ1) is 9.61. The molecule has 0 saturated carbocycles. The molecule has 0 N–H and O–H groups in total. The first-order valence-corrected chi connectivity index (χ1v) is 8.52. The van der Waals surface area contributed by atoms with Crippen molar-refractivity contribution in [3.8, 4) is 0 Å². The average Bonchev–Trinajstić information content (AvgIpc) is 2.49. The van der Waals surface area contributed by atoms with Gasteiger partial charge < -0.3 is 14.0 Å². The van der Waals surface area contributed by atoms with Crippen LogP contribution in [0.3, 0.4) is 0 Å². The molecule has 0 aliphatic heterocycles. The fraction of sp³-hybridized carbons (Fsp3) is 0.533. The van der Waals surface area contributed by atoms with Gasteiger partial charge in [0.1, 0.15) is 13.6 Å². The highest BCUT2D eigenvalue weighted by molar-refractivity contribution is 7.54.